The molecule has 6 N–H and O–H groups in total. The minimum absolute atomic E-state index is 0.0502. The van der Waals surface area contributed by atoms with Gasteiger partial charge in [0.25, 0.3) is 0 Å². The number of Topliss-reactive ketones (excluding diaryl/α,β-unsaturated/α-hetero) is 4. The van der Waals surface area contributed by atoms with Gasteiger partial charge in [0.05, 0.1) is 61.2 Å². The molecule has 16 nitrogen and oxygen atoms in total. The summed E-state index contributed by atoms with van der Waals surface area (Å²) in [5, 5.41) is 67.8. The van der Waals surface area contributed by atoms with Crippen molar-refractivity contribution in [3.8, 4) is 11.5 Å². The van der Waals surface area contributed by atoms with E-state index in [-0.39, 0.29) is 15.6 Å². The maximum Gasteiger partial charge on any atom is 0.341 e. The molecule has 3 aliphatic carbocycles. The Kier molecular flexibility index (Phi) is 9.12. The van der Waals surface area contributed by atoms with Crippen LogP contribution in [0.5, 0.6) is 11.5 Å². The Bertz CT molecular complexity index is 1970. The Morgan fingerprint density at radius 2 is 1.73 bits per heavy atom. The maximum atomic E-state index is 14.7. The highest BCUT2D eigenvalue weighted by atomic mass is 79.9. The van der Waals surface area contributed by atoms with Crippen LogP contribution in [0, 0.1) is 12.8 Å². The van der Waals surface area contributed by atoms with E-state index in [4.69, 9.17) is 18.9 Å². The second-order valence-corrected chi connectivity index (χ2v) is 13.7. The standard InChI is InChI=1S/C34H34BrNO15/c1-10-19(32(46)49-4)27(43)22-14(23(10)35)7-18(39)34(50-5)30(45)21-13(29(44)33(22,34)47)6-12-20(26(21)42)17(38)8-16(24(12)40)36-31-15(9-37)25(41)28(48-3)11(2)51-31/h6,11,15,18,25,28,31,37,39,41-43,47H,7-9H2,1-5H3/t11-,15+,18+,25-,28-,31-,33-,34+/m0/s1. The summed E-state index contributed by atoms with van der Waals surface area (Å²) in [5.41, 5.74) is -10.5. The number of nitrogens with zero attached hydrogens (tertiary/aromatic N) is 1. The third-order valence-electron chi connectivity index (χ3n) is 10.5. The number of aliphatic hydroxyl groups excluding tert-OH is 3. The SMILES string of the molecule is COC(=O)c1c(C)c(Br)c2c(c1O)[C@]1(O)C(=O)c3cc4c(c(O)c3C(=O)[C@]1(OC)[C@H](O)C2)C(=O)CC(=N[C@H]1O[C@@H](C)[C@H](OC)[C@@H](O)[C@H]1CO)C4=O. The molecular formula is C34H34BrNO15. The van der Waals surface area contributed by atoms with Crippen molar-refractivity contribution in [1.82, 2.24) is 0 Å². The zero-order valence-electron chi connectivity index (χ0n) is 27.8. The first-order valence-electron chi connectivity index (χ1n) is 15.7. The Morgan fingerprint density at radius 3 is 2.31 bits per heavy atom. The van der Waals surface area contributed by atoms with Crippen molar-refractivity contribution in [3.05, 3.63) is 55.0 Å². The molecule has 1 aliphatic heterocycles. The highest BCUT2D eigenvalue weighted by Gasteiger charge is 2.73. The number of hydrogen-bond donors (Lipinski definition) is 6. The van der Waals surface area contributed by atoms with Crippen LogP contribution in [0.2, 0.25) is 0 Å². The monoisotopic (exact) mass is 775 g/mol. The van der Waals surface area contributed by atoms with E-state index in [1.165, 1.54) is 14.0 Å². The zero-order valence-corrected chi connectivity index (χ0v) is 29.4. The molecule has 2 aromatic carbocycles. The van der Waals surface area contributed by atoms with Crippen LogP contribution in [-0.2, 0) is 31.0 Å². The molecule has 17 heteroatoms. The van der Waals surface area contributed by atoms with E-state index in [1.54, 1.807) is 6.92 Å². The van der Waals surface area contributed by atoms with Crippen LogP contribution >= 0.6 is 15.9 Å². The Labute approximate surface area is 297 Å². The van der Waals surface area contributed by atoms with Gasteiger partial charge >= 0.3 is 5.97 Å². The first kappa shape index (κ1) is 36.8. The molecule has 4 aliphatic rings. The predicted molar refractivity (Wildman–Crippen MR) is 174 cm³/mol. The lowest BCUT2D eigenvalue weighted by Gasteiger charge is -2.53. The number of methoxy groups -OCH3 is 3. The van der Waals surface area contributed by atoms with Gasteiger partial charge in [-0.3, -0.25) is 24.2 Å². The number of carbonyl (C=O) groups is 5. The molecule has 272 valence electrons. The van der Waals surface area contributed by atoms with Crippen LogP contribution in [0.15, 0.2) is 15.5 Å². The van der Waals surface area contributed by atoms with Crippen LogP contribution in [0.25, 0.3) is 0 Å². The third-order valence-corrected chi connectivity index (χ3v) is 11.6. The van der Waals surface area contributed by atoms with Gasteiger partial charge in [-0.15, -0.1) is 0 Å². The van der Waals surface area contributed by atoms with E-state index in [1.807, 2.05) is 0 Å². The van der Waals surface area contributed by atoms with Crippen LogP contribution in [-0.4, -0.2) is 130 Å². The number of ketones is 4. The molecule has 1 heterocycles. The molecule has 6 rings (SSSR count). The number of aliphatic imine (C=N–C) groups is 1. The maximum absolute atomic E-state index is 14.7. The van der Waals surface area contributed by atoms with Crippen LogP contribution in [0.1, 0.15) is 81.8 Å². The number of rotatable bonds is 5. The summed E-state index contributed by atoms with van der Waals surface area (Å²) in [6.07, 6.45) is -7.38. The van der Waals surface area contributed by atoms with Gasteiger partial charge in [0.15, 0.2) is 23.2 Å². The molecule has 1 fully saturated rings. The normalized spacial score (nSPS) is 32.3. The summed E-state index contributed by atoms with van der Waals surface area (Å²) in [6, 6.07) is 0.822. The Balaban J connectivity index is 1.57. The smallest absolute Gasteiger partial charge is 0.341 e. The van der Waals surface area contributed by atoms with E-state index >= 15 is 0 Å². The van der Waals surface area contributed by atoms with Crippen molar-refractivity contribution < 1.29 is 73.6 Å². The van der Waals surface area contributed by atoms with Gasteiger partial charge in [0, 0.05) is 41.8 Å². The summed E-state index contributed by atoms with van der Waals surface area (Å²) in [6.45, 7) is 2.37. The van der Waals surface area contributed by atoms with Crippen molar-refractivity contribution in [2.24, 2.45) is 10.9 Å². The van der Waals surface area contributed by atoms with Gasteiger partial charge < -0.3 is 49.6 Å². The Hall–Kier alpha value is -3.94. The van der Waals surface area contributed by atoms with Gasteiger partial charge in [-0.1, -0.05) is 15.9 Å². The second-order valence-electron chi connectivity index (χ2n) is 12.9. The van der Waals surface area contributed by atoms with E-state index in [2.05, 4.69) is 20.9 Å². The fourth-order valence-corrected chi connectivity index (χ4v) is 8.52. The number of phenols is 2. The number of carbonyl (C=O) groups excluding carboxylic acids is 5. The van der Waals surface area contributed by atoms with E-state index in [9.17, 15) is 54.6 Å². The number of halogens is 1. The average molecular weight is 777 g/mol. The number of esters is 1. The first-order valence-corrected chi connectivity index (χ1v) is 16.5. The minimum atomic E-state index is -3.28. The quantitative estimate of drug-likeness (QED) is 0.226. The lowest BCUT2D eigenvalue weighted by atomic mass is 9.56. The summed E-state index contributed by atoms with van der Waals surface area (Å²) in [4.78, 5) is 73.7. The summed E-state index contributed by atoms with van der Waals surface area (Å²) < 4.78 is 21.5. The topological polar surface area (TPSA) is 256 Å². The lowest BCUT2D eigenvalue weighted by molar-refractivity contribution is -0.206. The molecule has 0 saturated carbocycles. The summed E-state index contributed by atoms with van der Waals surface area (Å²) in [7, 11) is 3.28. The fraction of sp³-hybridized carbons (Fsp3) is 0.471. The number of aromatic hydroxyl groups is 2. The van der Waals surface area contributed by atoms with Gasteiger partial charge in [0.1, 0.15) is 23.2 Å². The molecular weight excluding hydrogens is 742 g/mol. The van der Waals surface area contributed by atoms with Crippen LogP contribution in [0.3, 0.4) is 0 Å². The molecule has 0 spiro atoms. The molecule has 2 aromatic rings. The van der Waals surface area contributed by atoms with Crippen molar-refractivity contribution in [3.63, 3.8) is 0 Å². The highest BCUT2D eigenvalue weighted by Crippen LogP contribution is 2.58. The average Bonchev–Trinajstić information content (AvgIpc) is 3.08. The highest BCUT2D eigenvalue weighted by molar-refractivity contribution is 9.10. The predicted octanol–water partition coefficient (Wildman–Crippen LogP) is 0.464. The van der Waals surface area contributed by atoms with Gasteiger partial charge in [-0.25, -0.2) is 4.79 Å². The summed E-state index contributed by atoms with van der Waals surface area (Å²) in [5.74, 6) is -8.83. The molecule has 0 bridgehead atoms. The fourth-order valence-electron chi connectivity index (χ4n) is 7.96. The van der Waals surface area contributed by atoms with Gasteiger partial charge in [-0.05, 0) is 31.0 Å². The van der Waals surface area contributed by atoms with Crippen molar-refractivity contribution in [2.75, 3.05) is 27.9 Å². The number of ether oxygens (including phenoxy) is 4. The van der Waals surface area contributed by atoms with E-state index < -0.39 is 147 Å². The molecule has 0 unspecified atom stereocenters. The largest absolute Gasteiger partial charge is 0.507 e. The number of phenolic OH excluding ortho intramolecular Hbond substituents is 2. The first-order chi connectivity index (χ1) is 24.0. The molecule has 0 radical (unpaired) electrons. The zero-order chi connectivity index (χ0) is 37.6. The van der Waals surface area contributed by atoms with E-state index in [0.29, 0.717) is 0 Å². The number of hydrogen-bond acceptors (Lipinski definition) is 16. The molecule has 1 saturated heterocycles. The number of benzene rings is 2. The minimum Gasteiger partial charge on any atom is -0.507 e. The molecule has 51 heavy (non-hydrogen) atoms. The van der Waals surface area contributed by atoms with Crippen LogP contribution < -0.4 is 0 Å². The Morgan fingerprint density at radius 1 is 1.06 bits per heavy atom. The second kappa shape index (κ2) is 12.6. The summed E-state index contributed by atoms with van der Waals surface area (Å²) >= 11 is 3.31. The van der Waals surface area contributed by atoms with Crippen molar-refractivity contribution >= 4 is 50.7 Å². The third kappa shape index (κ3) is 4.69. The molecule has 8 atom stereocenters. The van der Waals surface area contributed by atoms with Gasteiger partial charge in [-0.2, -0.15) is 0 Å². The van der Waals surface area contributed by atoms with E-state index in [0.717, 1.165) is 20.3 Å². The van der Waals surface area contributed by atoms with Crippen LogP contribution in [0.4, 0.5) is 0 Å². The van der Waals surface area contributed by atoms with Crippen molar-refractivity contribution in [1.29, 1.82) is 0 Å². The lowest BCUT2D eigenvalue weighted by Crippen LogP contribution is -2.73. The molecule has 0 amide bonds. The number of aliphatic hydroxyl groups is 4. The molecule has 0 aromatic heterocycles. The van der Waals surface area contributed by atoms with Gasteiger partial charge in [0.2, 0.25) is 17.3 Å². The van der Waals surface area contributed by atoms with Crippen molar-refractivity contribution in [2.45, 2.75) is 68.5 Å². The number of fused-ring (bicyclic) bond motifs is 5.